The fourth-order valence-corrected chi connectivity index (χ4v) is 10.7. The number of carbonyl (C=O) groups excluding carboxylic acids is 5. The van der Waals surface area contributed by atoms with Gasteiger partial charge in [-0.15, -0.1) is 0 Å². The first-order valence-corrected chi connectivity index (χ1v) is 27.5. The molecule has 2 aromatic carbocycles. The monoisotopic (exact) mass is 984 g/mol. The summed E-state index contributed by atoms with van der Waals surface area (Å²) < 4.78 is 20.5. The number of aliphatic hydroxyl groups is 1. The summed E-state index contributed by atoms with van der Waals surface area (Å²) in [5.74, 6) is -5.43. The molecule has 1 aliphatic carbocycles. The molecule has 0 aliphatic heterocycles. The number of rotatable bonds is 22. The highest BCUT2D eigenvalue weighted by Crippen LogP contribution is 2.47. The molecule has 0 radical (unpaired) electrons. The fraction of sp³-hybridized carbons (Fsp3) is 0.566. The van der Waals surface area contributed by atoms with Crippen LogP contribution in [0, 0.1) is 23.2 Å². The van der Waals surface area contributed by atoms with Crippen molar-refractivity contribution in [3.05, 3.63) is 90.8 Å². The van der Waals surface area contributed by atoms with E-state index in [1.54, 1.807) is 52.8 Å². The average Bonchev–Trinajstić information content (AvgIpc) is 3.78. The molecule has 8 N–H and O–H groups in total. The van der Waals surface area contributed by atoms with Crippen LogP contribution >= 0.6 is 0 Å². The van der Waals surface area contributed by atoms with Crippen molar-refractivity contribution in [1.29, 1.82) is 0 Å². The van der Waals surface area contributed by atoms with Crippen molar-refractivity contribution >= 4 is 48.4 Å². The highest BCUT2D eigenvalue weighted by molar-refractivity contribution is 6.74. The molecule has 2 unspecified atom stereocenters. The van der Waals surface area contributed by atoms with E-state index in [2.05, 4.69) is 36.1 Å². The highest BCUT2D eigenvalue weighted by Gasteiger charge is 2.62. The Bertz CT molecular complexity index is 2420. The van der Waals surface area contributed by atoms with Gasteiger partial charge in [0.15, 0.2) is 25.7 Å². The Morgan fingerprint density at radius 1 is 0.871 bits per heavy atom. The minimum atomic E-state index is -2.96. The van der Waals surface area contributed by atoms with Gasteiger partial charge in [0, 0.05) is 30.2 Å². The standard InChI is InChI=1S/C53H77N7O9Si/c1-33(2)53(49(65)59-45(46(63)40(56)30-61)41-24-16-17-26-57-41,48(64)39(55)28-36-29-60(32-58-36)50(66)68-51(3,4)5)44(42(62)31-67-43-25-18-22-35-21-14-15-23-37(35)43)47(69-70(9,10)52(6,7)8)38(54)27-34-19-12-11-13-20-34/h14-18,21-26,29,32-34,38-40,44-45,47,61H,11-13,19-20,27-28,30-31,54-56H2,1-10H3,(H,59,65)/t38-,39-,40-,44?,45?,47+,53-/m0/s1. The van der Waals surface area contributed by atoms with Gasteiger partial charge >= 0.3 is 6.09 Å². The van der Waals surface area contributed by atoms with E-state index in [9.17, 15) is 14.7 Å². The van der Waals surface area contributed by atoms with Crippen molar-refractivity contribution in [2.24, 2.45) is 40.4 Å². The first kappa shape index (κ1) is 55.8. The third-order valence-electron chi connectivity index (χ3n) is 14.1. The maximum Gasteiger partial charge on any atom is 0.419 e. The number of carbonyl (C=O) groups is 5. The Hall–Kier alpha value is -5.17. The molecule has 1 saturated carbocycles. The van der Waals surface area contributed by atoms with Gasteiger partial charge in [0.25, 0.3) is 0 Å². The maximum absolute atomic E-state index is 16.2. The lowest BCUT2D eigenvalue weighted by Crippen LogP contribution is -2.67. The van der Waals surface area contributed by atoms with Crippen molar-refractivity contribution in [2.45, 2.75) is 154 Å². The third kappa shape index (κ3) is 13.2. The number of ether oxygens (including phenoxy) is 2. The van der Waals surface area contributed by atoms with E-state index < -0.39 is 109 Å². The number of hydrogen-bond donors (Lipinski definition) is 5. The van der Waals surface area contributed by atoms with E-state index in [0.717, 1.165) is 47.4 Å². The summed E-state index contributed by atoms with van der Waals surface area (Å²) in [4.78, 5) is 84.4. The Morgan fingerprint density at radius 2 is 1.53 bits per heavy atom. The molecule has 1 fully saturated rings. The van der Waals surface area contributed by atoms with Crippen LogP contribution in [0.15, 0.2) is 79.4 Å². The number of ketones is 3. The van der Waals surface area contributed by atoms with E-state index in [0.29, 0.717) is 12.2 Å². The Morgan fingerprint density at radius 3 is 2.14 bits per heavy atom. The number of nitrogens with two attached hydrogens (primary N) is 3. The SMILES string of the molecule is CC(C)[C@@](C(=O)NC(C(=O)[C@@H](N)CO)c1ccccn1)(C(=O)[C@@H](N)Cc1cn(C(=O)OC(C)(C)C)cn1)C(C(=O)COc1cccc2ccccc12)[C@H](O[Si](C)(C)C(C)(C)C)[C@@H](N)CC1CCCCC1. The maximum atomic E-state index is 16.2. The normalized spacial score (nSPS) is 17.4. The molecule has 2 aromatic heterocycles. The highest BCUT2D eigenvalue weighted by atomic mass is 28.4. The molecule has 1 aliphatic rings. The van der Waals surface area contributed by atoms with Crippen LogP contribution in [0.1, 0.15) is 111 Å². The van der Waals surface area contributed by atoms with Gasteiger partial charge in [-0.3, -0.25) is 24.2 Å². The summed E-state index contributed by atoms with van der Waals surface area (Å²) >= 11 is 0. The number of benzene rings is 2. The molecule has 1 amide bonds. The van der Waals surface area contributed by atoms with Crippen LogP contribution in [0.5, 0.6) is 5.75 Å². The van der Waals surface area contributed by atoms with Crippen LogP contribution in [-0.2, 0) is 34.8 Å². The molecule has 5 rings (SSSR count). The molecule has 16 nitrogen and oxygen atoms in total. The molecule has 0 saturated heterocycles. The second-order valence-electron chi connectivity index (χ2n) is 21.8. The molecule has 2 heterocycles. The van der Waals surface area contributed by atoms with Gasteiger partial charge in [-0.05, 0) is 80.7 Å². The van der Waals surface area contributed by atoms with E-state index >= 15 is 14.4 Å². The Kier molecular flexibility index (Phi) is 18.6. The zero-order valence-corrected chi connectivity index (χ0v) is 43.8. The van der Waals surface area contributed by atoms with E-state index in [-0.39, 0.29) is 23.7 Å². The van der Waals surface area contributed by atoms with Crippen molar-refractivity contribution in [3.8, 4) is 5.75 Å². The van der Waals surface area contributed by atoms with E-state index in [4.69, 9.17) is 31.1 Å². The fourth-order valence-electron chi connectivity index (χ4n) is 9.33. The van der Waals surface area contributed by atoms with Crippen LogP contribution < -0.4 is 27.3 Å². The van der Waals surface area contributed by atoms with Crippen LogP contribution in [0.4, 0.5) is 4.79 Å². The van der Waals surface area contributed by atoms with Gasteiger partial charge in [0.1, 0.15) is 35.7 Å². The summed E-state index contributed by atoms with van der Waals surface area (Å²) in [6.45, 7) is 17.3. The number of hydrogen-bond acceptors (Lipinski definition) is 14. The molecule has 0 spiro atoms. The number of aromatic nitrogens is 3. The lowest BCUT2D eigenvalue weighted by Gasteiger charge is -2.50. The molecular weight excluding hydrogens is 907 g/mol. The van der Waals surface area contributed by atoms with Crippen molar-refractivity contribution in [3.63, 3.8) is 0 Å². The molecule has 17 heteroatoms. The molecule has 7 atom stereocenters. The van der Waals surface area contributed by atoms with Gasteiger partial charge in [0.2, 0.25) is 5.91 Å². The second kappa shape index (κ2) is 23.4. The molecule has 382 valence electrons. The summed E-state index contributed by atoms with van der Waals surface area (Å²) in [6, 6.07) is 12.4. The minimum absolute atomic E-state index is 0.0806. The summed E-state index contributed by atoms with van der Waals surface area (Å²) in [7, 11) is -2.96. The number of nitrogens with one attached hydrogen (secondary N) is 1. The van der Waals surface area contributed by atoms with Gasteiger partial charge in [-0.2, -0.15) is 0 Å². The van der Waals surface area contributed by atoms with Crippen LogP contribution in [0.3, 0.4) is 0 Å². The predicted molar refractivity (Wildman–Crippen MR) is 272 cm³/mol. The minimum Gasteiger partial charge on any atom is -0.485 e. The van der Waals surface area contributed by atoms with E-state index in [1.807, 2.05) is 49.5 Å². The zero-order chi connectivity index (χ0) is 51.8. The van der Waals surface area contributed by atoms with E-state index in [1.165, 1.54) is 24.8 Å². The smallest absolute Gasteiger partial charge is 0.419 e. The number of aliphatic hydroxyl groups excluding tert-OH is 1. The van der Waals surface area contributed by atoms with Gasteiger partial charge in [0.05, 0.1) is 42.1 Å². The molecule has 4 aromatic rings. The molecule has 70 heavy (non-hydrogen) atoms. The molecule has 0 bridgehead atoms. The number of nitrogens with zero attached hydrogens (tertiary/aromatic N) is 3. The topological polar surface area (TPSA) is 254 Å². The number of pyridine rings is 1. The van der Waals surface area contributed by atoms with Crippen LogP contribution in [0.25, 0.3) is 10.8 Å². The zero-order valence-electron chi connectivity index (χ0n) is 42.8. The number of Topliss-reactive ketones (excluding diaryl/α,β-unsaturated/α-hetero) is 3. The largest absolute Gasteiger partial charge is 0.485 e. The van der Waals surface area contributed by atoms with Crippen molar-refractivity contribution < 1.29 is 43.0 Å². The third-order valence-corrected chi connectivity index (χ3v) is 18.6. The van der Waals surface area contributed by atoms with Crippen molar-refractivity contribution in [1.82, 2.24) is 19.9 Å². The summed E-state index contributed by atoms with van der Waals surface area (Å²) in [6.07, 6.45) is 7.23. The number of fused-ring (bicyclic) bond motifs is 1. The number of imidazole rings is 1. The Labute approximate surface area is 414 Å². The quantitative estimate of drug-likeness (QED) is 0.0393. The average molecular weight is 984 g/mol. The van der Waals surface area contributed by atoms with Gasteiger partial charge in [-0.1, -0.05) is 109 Å². The number of amides is 1. The van der Waals surface area contributed by atoms with Crippen LogP contribution in [-0.4, -0.2) is 100 Å². The first-order valence-electron chi connectivity index (χ1n) is 24.6. The molecular formula is C53H77N7O9Si. The van der Waals surface area contributed by atoms with Gasteiger partial charge < -0.3 is 41.5 Å². The van der Waals surface area contributed by atoms with Crippen LogP contribution in [0.2, 0.25) is 18.1 Å². The van der Waals surface area contributed by atoms with Crippen molar-refractivity contribution in [2.75, 3.05) is 13.2 Å². The first-order chi connectivity index (χ1) is 32.8. The lowest BCUT2D eigenvalue weighted by atomic mass is 9.58. The summed E-state index contributed by atoms with van der Waals surface area (Å²) in [5.41, 5.74) is 17.7. The summed E-state index contributed by atoms with van der Waals surface area (Å²) in [5, 5.41) is 14.1. The van der Waals surface area contributed by atoms with Gasteiger partial charge in [-0.25, -0.2) is 14.3 Å². The lowest BCUT2D eigenvalue weighted by molar-refractivity contribution is -0.163. The predicted octanol–water partition coefficient (Wildman–Crippen LogP) is 6.99. The second-order valence-corrected chi connectivity index (χ2v) is 26.5. The Balaban J connectivity index is 1.78.